The molecule has 0 aliphatic carbocycles. The van der Waals surface area contributed by atoms with E-state index >= 15 is 0 Å². The summed E-state index contributed by atoms with van der Waals surface area (Å²) in [5, 5.41) is 10.6. The number of nitrogens with one attached hydrogen (secondary N) is 1. The van der Waals surface area contributed by atoms with Crippen LogP contribution in [0.2, 0.25) is 5.02 Å². The van der Waals surface area contributed by atoms with Gasteiger partial charge in [-0.25, -0.2) is 13.4 Å². The molecule has 2 aromatic carbocycles. The number of H-pyrrole nitrogens is 1. The number of aromatic amines is 1. The molecule has 0 spiro atoms. The molecule has 28 heavy (non-hydrogen) atoms. The Balaban J connectivity index is 1.67. The molecular weight excluding hydrogens is 398 g/mol. The van der Waals surface area contributed by atoms with Gasteiger partial charge in [0.25, 0.3) is 0 Å². The van der Waals surface area contributed by atoms with Crippen molar-refractivity contribution in [3.8, 4) is 28.4 Å². The molecular formula is C20H20ClN3O3S. The fourth-order valence-corrected chi connectivity index (χ4v) is 5.12. The summed E-state index contributed by atoms with van der Waals surface area (Å²) < 4.78 is 27.4. The second kappa shape index (κ2) is 7.58. The topological polar surface area (TPSA) is 86.3 Å². The van der Waals surface area contributed by atoms with Gasteiger partial charge < -0.3 is 10.1 Å². The van der Waals surface area contributed by atoms with Gasteiger partial charge in [-0.1, -0.05) is 30.2 Å². The van der Waals surface area contributed by atoms with E-state index in [1.54, 1.807) is 46.9 Å². The zero-order valence-corrected chi connectivity index (χ0v) is 16.7. The standard InChI is InChI=1S/C20H20ClN3O3S/c21-15-7-8-19(25)17(12-15)18-13-22-20(23-18)14-5-4-6-16(11-14)28(26,27)24-9-2-1-3-10-24/h4-8,11-13,25H,1-3,9-10H2,(H,22,23). The molecule has 2 N–H and O–H groups in total. The third-order valence-corrected chi connectivity index (χ3v) is 7.01. The average molecular weight is 418 g/mol. The monoisotopic (exact) mass is 417 g/mol. The number of piperidine rings is 1. The Morgan fingerprint density at radius 1 is 1.07 bits per heavy atom. The lowest BCUT2D eigenvalue weighted by molar-refractivity contribution is 0.346. The smallest absolute Gasteiger partial charge is 0.243 e. The van der Waals surface area contributed by atoms with Crippen molar-refractivity contribution in [2.24, 2.45) is 0 Å². The van der Waals surface area contributed by atoms with Gasteiger partial charge in [0, 0.05) is 29.2 Å². The van der Waals surface area contributed by atoms with Crippen LogP contribution in [0.1, 0.15) is 19.3 Å². The molecule has 1 aliphatic rings. The number of phenolic OH excluding ortho intramolecular Hbond substituents is 1. The highest BCUT2D eigenvalue weighted by molar-refractivity contribution is 7.89. The van der Waals surface area contributed by atoms with E-state index in [9.17, 15) is 13.5 Å². The minimum atomic E-state index is -3.52. The lowest BCUT2D eigenvalue weighted by Crippen LogP contribution is -2.35. The molecule has 1 saturated heterocycles. The number of nitrogens with zero attached hydrogens (tertiary/aromatic N) is 2. The molecule has 0 radical (unpaired) electrons. The Morgan fingerprint density at radius 3 is 2.64 bits per heavy atom. The molecule has 4 rings (SSSR count). The molecule has 1 aliphatic heterocycles. The maximum Gasteiger partial charge on any atom is 0.243 e. The van der Waals surface area contributed by atoms with E-state index in [2.05, 4.69) is 9.97 Å². The summed E-state index contributed by atoms with van der Waals surface area (Å²) in [6, 6.07) is 11.5. The third kappa shape index (κ3) is 3.65. The Kier molecular flexibility index (Phi) is 5.14. The van der Waals surface area contributed by atoms with E-state index in [0.717, 1.165) is 19.3 Å². The average Bonchev–Trinajstić information content (AvgIpc) is 3.21. The van der Waals surface area contributed by atoms with Crippen LogP contribution in [-0.4, -0.2) is 40.9 Å². The van der Waals surface area contributed by atoms with Crippen molar-refractivity contribution in [2.45, 2.75) is 24.2 Å². The van der Waals surface area contributed by atoms with Crippen molar-refractivity contribution in [1.29, 1.82) is 0 Å². The molecule has 146 valence electrons. The molecule has 8 heteroatoms. The van der Waals surface area contributed by atoms with Crippen molar-refractivity contribution < 1.29 is 13.5 Å². The van der Waals surface area contributed by atoms with E-state index < -0.39 is 10.0 Å². The zero-order valence-electron chi connectivity index (χ0n) is 15.1. The van der Waals surface area contributed by atoms with Crippen molar-refractivity contribution in [1.82, 2.24) is 14.3 Å². The second-order valence-electron chi connectivity index (χ2n) is 6.80. The fraction of sp³-hybridized carbons (Fsp3) is 0.250. The summed E-state index contributed by atoms with van der Waals surface area (Å²) in [6.07, 6.45) is 4.44. The molecule has 6 nitrogen and oxygen atoms in total. The number of rotatable bonds is 4. The second-order valence-corrected chi connectivity index (χ2v) is 9.17. The number of hydrogen-bond acceptors (Lipinski definition) is 4. The van der Waals surface area contributed by atoms with Crippen LogP contribution in [0.3, 0.4) is 0 Å². The first-order chi connectivity index (χ1) is 13.4. The number of sulfonamides is 1. The largest absolute Gasteiger partial charge is 0.507 e. The fourth-order valence-electron chi connectivity index (χ4n) is 3.39. The summed E-state index contributed by atoms with van der Waals surface area (Å²) in [4.78, 5) is 7.74. The Bertz CT molecular complexity index is 1110. The number of benzene rings is 2. The summed E-state index contributed by atoms with van der Waals surface area (Å²) in [6.45, 7) is 1.12. The van der Waals surface area contributed by atoms with Crippen LogP contribution in [-0.2, 0) is 10.0 Å². The minimum Gasteiger partial charge on any atom is -0.507 e. The number of phenols is 1. The molecule has 0 atom stereocenters. The van der Waals surface area contributed by atoms with Gasteiger partial charge in [-0.2, -0.15) is 4.31 Å². The summed E-state index contributed by atoms with van der Waals surface area (Å²) in [5.74, 6) is 0.603. The van der Waals surface area contributed by atoms with Crippen LogP contribution in [0, 0.1) is 0 Å². The highest BCUT2D eigenvalue weighted by atomic mass is 35.5. The third-order valence-electron chi connectivity index (χ3n) is 4.88. The lowest BCUT2D eigenvalue weighted by atomic mass is 10.1. The maximum absolute atomic E-state index is 12.9. The lowest BCUT2D eigenvalue weighted by Gasteiger charge is -2.26. The number of aromatic hydroxyl groups is 1. The van der Waals surface area contributed by atoms with E-state index in [-0.39, 0.29) is 10.6 Å². The van der Waals surface area contributed by atoms with Crippen LogP contribution in [0.25, 0.3) is 22.6 Å². The molecule has 3 aromatic rings. The first kappa shape index (κ1) is 19.0. The van der Waals surface area contributed by atoms with E-state index in [0.29, 0.717) is 40.8 Å². The minimum absolute atomic E-state index is 0.0843. The Labute approximate surface area is 168 Å². The molecule has 1 aromatic heterocycles. The summed E-state index contributed by atoms with van der Waals surface area (Å²) in [7, 11) is -3.52. The zero-order chi connectivity index (χ0) is 19.7. The predicted octanol–water partition coefficient (Wildman–Crippen LogP) is 4.28. The first-order valence-electron chi connectivity index (χ1n) is 9.09. The number of aromatic nitrogens is 2. The molecule has 0 amide bonds. The number of halogens is 1. The van der Waals surface area contributed by atoms with Gasteiger partial charge in [0.2, 0.25) is 10.0 Å². The van der Waals surface area contributed by atoms with Crippen LogP contribution in [0.5, 0.6) is 5.75 Å². The molecule has 1 fully saturated rings. The number of imidazole rings is 1. The molecule has 0 unspecified atom stereocenters. The maximum atomic E-state index is 12.9. The van der Waals surface area contributed by atoms with Gasteiger partial charge in [0.1, 0.15) is 11.6 Å². The van der Waals surface area contributed by atoms with Crippen molar-refractivity contribution in [3.63, 3.8) is 0 Å². The quantitative estimate of drug-likeness (QED) is 0.663. The van der Waals surface area contributed by atoms with Crippen molar-refractivity contribution >= 4 is 21.6 Å². The Hall–Kier alpha value is -2.35. The predicted molar refractivity (Wildman–Crippen MR) is 109 cm³/mol. The molecule has 2 heterocycles. The highest BCUT2D eigenvalue weighted by Gasteiger charge is 2.26. The summed E-state index contributed by atoms with van der Waals surface area (Å²) >= 11 is 6.02. The van der Waals surface area contributed by atoms with E-state index in [1.165, 1.54) is 6.07 Å². The van der Waals surface area contributed by atoms with Crippen molar-refractivity contribution in [2.75, 3.05) is 13.1 Å². The van der Waals surface area contributed by atoms with Crippen LogP contribution in [0.15, 0.2) is 53.6 Å². The van der Waals surface area contributed by atoms with E-state index in [1.807, 2.05) is 0 Å². The van der Waals surface area contributed by atoms with Gasteiger partial charge in [-0.05, 0) is 43.2 Å². The van der Waals surface area contributed by atoms with Crippen molar-refractivity contribution in [3.05, 3.63) is 53.7 Å². The Morgan fingerprint density at radius 2 is 1.86 bits per heavy atom. The summed E-state index contributed by atoms with van der Waals surface area (Å²) in [5.41, 5.74) is 1.79. The van der Waals surface area contributed by atoms with Gasteiger partial charge in [-0.3, -0.25) is 0 Å². The van der Waals surface area contributed by atoms with Crippen LogP contribution in [0.4, 0.5) is 0 Å². The molecule has 0 bridgehead atoms. The van der Waals surface area contributed by atoms with Gasteiger partial charge in [0.15, 0.2) is 0 Å². The van der Waals surface area contributed by atoms with E-state index in [4.69, 9.17) is 11.6 Å². The van der Waals surface area contributed by atoms with Crippen LogP contribution < -0.4 is 0 Å². The highest BCUT2D eigenvalue weighted by Crippen LogP contribution is 2.32. The van der Waals surface area contributed by atoms with Gasteiger partial charge >= 0.3 is 0 Å². The number of hydrogen-bond donors (Lipinski definition) is 2. The molecule has 0 saturated carbocycles. The van der Waals surface area contributed by atoms with Gasteiger partial charge in [-0.15, -0.1) is 0 Å². The van der Waals surface area contributed by atoms with Gasteiger partial charge in [0.05, 0.1) is 16.8 Å². The SMILES string of the molecule is O=S(=O)(c1cccc(-c2ncc(-c3cc(Cl)ccc3O)[nH]2)c1)N1CCCCC1. The van der Waals surface area contributed by atoms with Crippen LogP contribution >= 0.6 is 11.6 Å². The normalized spacial score (nSPS) is 15.6. The first-order valence-corrected chi connectivity index (χ1v) is 10.9.